The van der Waals surface area contributed by atoms with Crippen molar-refractivity contribution in [3.8, 4) is 0 Å². The van der Waals surface area contributed by atoms with Crippen LogP contribution in [0.25, 0.3) is 0 Å². The molecule has 0 amide bonds. The van der Waals surface area contributed by atoms with Gasteiger partial charge in [-0.1, -0.05) is 0 Å². The lowest BCUT2D eigenvalue weighted by molar-refractivity contribution is -0.00000314. The van der Waals surface area contributed by atoms with E-state index in [1.165, 1.54) is 6.42 Å². The van der Waals surface area contributed by atoms with E-state index in [1.807, 2.05) is 0 Å². The summed E-state index contributed by atoms with van der Waals surface area (Å²) < 4.78 is 4.72. The predicted molar refractivity (Wildman–Crippen MR) is 15.4 cm³/mol. The van der Waals surface area contributed by atoms with E-state index in [-0.39, 0.29) is 17.0 Å². The van der Waals surface area contributed by atoms with Gasteiger partial charge in [-0.2, -0.15) is 0 Å². The van der Waals surface area contributed by atoms with Crippen LogP contribution in [0.1, 0.15) is 6.42 Å². The molecule has 1 rings (SSSR count). The molecule has 0 N–H and O–H groups in total. The zero-order valence-corrected chi connectivity index (χ0v) is 4.49. The third-order valence-electron chi connectivity index (χ3n) is 0.577. The highest BCUT2D eigenvalue weighted by molar-refractivity contribution is 4.41. The summed E-state index contributed by atoms with van der Waals surface area (Å²) in [5.41, 5.74) is 0. The molecule has 32 valence electrons. The summed E-state index contributed by atoms with van der Waals surface area (Å²) in [6.07, 6.45) is 1.28. The van der Waals surface area contributed by atoms with Gasteiger partial charge in [0, 0.05) is 13.2 Å². The van der Waals surface area contributed by atoms with Crippen molar-refractivity contribution in [3.63, 3.8) is 0 Å². The zero-order valence-electron chi connectivity index (χ0n) is 2.91. The smallest absolute Gasteiger partial charge is 0.0488 e. The average Bonchev–Trinajstić information content (AvgIpc) is 0.722. The van der Waals surface area contributed by atoms with Crippen LogP contribution in [0, 0.1) is 0 Å². The van der Waals surface area contributed by atoms with Crippen molar-refractivity contribution >= 4 is 0 Å². The van der Waals surface area contributed by atoms with E-state index in [0.717, 1.165) is 13.2 Å². The highest BCUT2D eigenvalue weighted by Crippen LogP contribution is 1.92. The minimum absolute atomic E-state index is 0. The Kier molecular flexibility index (Phi) is 2.90. The Balaban J connectivity index is 0.000000160. The molecule has 0 aromatic rings. The third-order valence-corrected chi connectivity index (χ3v) is 0.577. The fourth-order valence-electron chi connectivity index (χ4n) is 0.144. The molecule has 1 saturated heterocycles. The van der Waals surface area contributed by atoms with E-state index in [0.29, 0.717) is 0 Å². The molecule has 0 aromatic heterocycles. The van der Waals surface area contributed by atoms with E-state index in [2.05, 4.69) is 0 Å². The lowest BCUT2D eigenvalue weighted by Gasteiger charge is -2.09. The highest BCUT2D eigenvalue weighted by Gasteiger charge is 1.94. The van der Waals surface area contributed by atoms with Gasteiger partial charge in [-0.05, 0) is 6.42 Å². The normalized spacial score (nSPS) is 19.2. The van der Waals surface area contributed by atoms with Gasteiger partial charge in [0.25, 0.3) is 0 Å². The molecule has 1 aliphatic heterocycles. The van der Waals surface area contributed by atoms with Crippen molar-refractivity contribution in [2.24, 2.45) is 0 Å². The van der Waals surface area contributed by atoms with Crippen LogP contribution in [0.3, 0.4) is 0 Å². The van der Waals surface area contributed by atoms with Crippen LogP contribution in [0.15, 0.2) is 0 Å². The minimum atomic E-state index is 0. The maximum absolute atomic E-state index is 4.72. The van der Waals surface area contributed by atoms with Crippen molar-refractivity contribution in [3.05, 3.63) is 0 Å². The van der Waals surface area contributed by atoms with Crippen molar-refractivity contribution in [2.45, 2.75) is 6.42 Å². The first-order valence-electron chi connectivity index (χ1n) is 1.58. The molecule has 0 atom stereocenters. The summed E-state index contributed by atoms with van der Waals surface area (Å²) in [5.74, 6) is 0. The molecule has 0 unspecified atom stereocenters. The molecule has 1 heterocycles. The van der Waals surface area contributed by atoms with Gasteiger partial charge in [-0.15, -0.1) is 0 Å². The molecule has 1 nitrogen and oxygen atoms in total. The molecule has 0 spiro atoms. The Hall–Kier alpha value is 0.440. The van der Waals surface area contributed by atoms with Gasteiger partial charge in [0.05, 0.1) is 0 Å². The molecule has 5 heavy (non-hydrogen) atoms. The standard InChI is InChI=1S/C3H6O.BrH/c1-2-4-3-1;/h1-3H2;1H/p-1. The van der Waals surface area contributed by atoms with Crippen LogP contribution in [0.4, 0.5) is 0 Å². The van der Waals surface area contributed by atoms with Crippen LogP contribution < -0.4 is 17.0 Å². The summed E-state index contributed by atoms with van der Waals surface area (Å²) >= 11 is 0. The quantitative estimate of drug-likeness (QED) is 0.357. The zero-order chi connectivity index (χ0) is 2.83. The minimum Gasteiger partial charge on any atom is -1.00 e. The molecule has 0 aliphatic carbocycles. The molecule has 0 aromatic carbocycles. The fraction of sp³-hybridized carbons (Fsp3) is 1.00. The number of ether oxygens (including phenoxy) is 1. The third kappa shape index (κ3) is 1.34. The molecule has 0 saturated carbocycles. The van der Waals surface area contributed by atoms with Crippen molar-refractivity contribution in [1.29, 1.82) is 0 Å². The largest absolute Gasteiger partial charge is 1.00 e. The van der Waals surface area contributed by atoms with E-state index in [4.69, 9.17) is 4.74 Å². The van der Waals surface area contributed by atoms with E-state index in [1.54, 1.807) is 0 Å². The second-order valence-electron chi connectivity index (χ2n) is 0.966. The summed E-state index contributed by atoms with van der Waals surface area (Å²) in [5, 5.41) is 0. The second kappa shape index (κ2) is 2.67. The summed E-state index contributed by atoms with van der Waals surface area (Å²) in [6.45, 7) is 2.00. The van der Waals surface area contributed by atoms with Gasteiger partial charge in [0.1, 0.15) is 0 Å². The maximum atomic E-state index is 4.72. The van der Waals surface area contributed by atoms with Gasteiger partial charge in [0.15, 0.2) is 0 Å². The summed E-state index contributed by atoms with van der Waals surface area (Å²) in [4.78, 5) is 0. The summed E-state index contributed by atoms with van der Waals surface area (Å²) in [7, 11) is 0. The number of hydrogen-bond donors (Lipinski definition) is 0. The first-order chi connectivity index (χ1) is 2.00. The Bertz CT molecular complexity index is 14.9. The molecule has 1 aliphatic rings. The Morgan fingerprint density at radius 2 is 1.40 bits per heavy atom. The summed E-state index contributed by atoms with van der Waals surface area (Å²) in [6, 6.07) is 0. The molecule has 2 heteroatoms. The van der Waals surface area contributed by atoms with Crippen LogP contribution >= 0.6 is 0 Å². The van der Waals surface area contributed by atoms with Crippen molar-refractivity contribution in [1.82, 2.24) is 0 Å². The fourth-order valence-corrected chi connectivity index (χ4v) is 0.144. The molecule has 1 fully saturated rings. The first-order valence-corrected chi connectivity index (χ1v) is 1.58. The lowest BCUT2D eigenvalue weighted by Crippen LogP contribution is -3.00. The number of rotatable bonds is 0. The van der Waals surface area contributed by atoms with Crippen molar-refractivity contribution < 1.29 is 21.7 Å². The van der Waals surface area contributed by atoms with Crippen LogP contribution in [0.2, 0.25) is 0 Å². The van der Waals surface area contributed by atoms with Gasteiger partial charge >= 0.3 is 0 Å². The van der Waals surface area contributed by atoms with Crippen molar-refractivity contribution in [2.75, 3.05) is 13.2 Å². The average molecular weight is 138 g/mol. The Labute approximate surface area is 42.1 Å². The highest BCUT2D eigenvalue weighted by atomic mass is 79.9. The Morgan fingerprint density at radius 1 is 1.20 bits per heavy atom. The van der Waals surface area contributed by atoms with Crippen LogP contribution in [-0.4, -0.2) is 13.2 Å². The second-order valence-corrected chi connectivity index (χ2v) is 0.966. The first kappa shape index (κ1) is 5.44. The molecule has 0 bridgehead atoms. The van der Waals surface area contributed by atoms with E-state index < -0.39 is 0 Å². The van der Waals surface area contributed by atoms with E-state index in [9.17, 15) is 0 Å². The lowest BCUT2D eigenvalue weighted by atomic mass is 10.4. The monoisotopic (exact) mass is 137 g/mol. The van der Waals surface area contributed by atoms with Gasteiger partial charge in [0.2, 0.25) is 0 Å². The van der Waals surface area contributed by atoms with Crippen LogP contribution in [-0.2, 0) is 4.74 Å². The van der Waals surface area contributed by atoms with Gasteiger partial charge < -0.3 is 21.7 Å². The number of hydrogen-bond acceptors (Lipinski definition) is 1. The van der Waals surface area contributed by atoms with Gasteiger partial charge in [-0.25, -0.2) is 0 Å². The van der Waals surface area contributed by atoms with Crippen LogP contribution in [0.5, 0.6) is 0 Å². The van der Waals surface area contributed by atoms with E-state index >= 15 is 0 Å². The predicted octanol–water partition coefficient (Wildman–Crippen LogP) is -2.59. The molecular weight excluding hydrogens is 132 g/mol. The Morgan fingerprint density at radius 3 is 1.40 bits per heavy atom. The van der Waals surface area contributed by atoms with Gasteiger partial charge in [-0.3, -0.25) is 0 Å². The SMILES string of the molecule is C1COC1.[Br-]. The molecule has 0 radical (unpaired) electrons. The number of halogens is 1. The maximum Gasteiger partial charge on any atom is 0.0488 e. The topological polar surface area (TPSA) is 9.23 Å². The molecular formula is C3H6BrO-.